The van der Waals surface area contributed by atoms with Crippen LogP contribution in [0.4, 0.5) is 0 Å². The lowest BCUT2D eigenvalue weighted by atomic mass is 10.2. The van der Waals surface area contributed by atoms with Gasteiger partial charge in [-0.25, -0.2) is 0 Å². The monoisotopic (exact) mass is 278 g/mol. The number of nitrogens with zero attached hydrogens (tertiary/aromatic N) is 3. The third-order valence-electron chi connectivity index (χ3n) is 3.51. The van der Waals surface area contributed by atoms with Crippen molar-refractivity contribution < 1.29 is 9.90 Å². The first kappa shape index (κ1) is 14.9. The fourth-order valence-corrected chi connectivity index (χ4v) is 2.55. The number of hydrogen-bond donors (Lipinski definition) is 2. The zero-order chi connectivity index (χ0) is 14.7. The van der Waals surface area contributed by atoms with Crippen LogP contribution in [-0.2, 0) is 6.54 Å². The molecule has 0 saturated carbocycles. The van der Waals surface area contributed by atoms with E-state index in [1.54, 1.807) is 17.2 Å². The van der Waals surface area contributed by atoms with Gasteiger partial charge < -0.3 is 20.6 Å². The average molecular weight is 278 g/mol. The topological polar surface area (TPSA) is 82.7 Å². The fraction of sp³-hybridized carbons (Fsp3) is 0.571. The number of rotatable bonds is 4. The first-order valence-electron chi connectivity index (χ1n) is 6.80. The largest absolute Gasteiger partial charge is 0.391 e. The van der Waals surface area contributed by atoms with Gasteiger partial charge >= 0.3 is 0 Å². The molecule has 6 nitrogen and oxygen atoms in total. The van der Waals surface area contributed by atoms with Crippen LogP contribution in [0.5, 0.6) is 0 Å². The Hall–Kier alpha value is -1.50. The van der Waals surface area contributed by atoms with Crippen LogP contribution in [0.25, 0.3) is 0 Å². The van der Waals surface area contributed by atoms with E-state index in [1.165, 1.54) is 0 Å². The predicted octanol–water partition coefficient (Wildman–Crippen LogP) is -0.323. The quantitative estimate of drug-likeness (QED) is 0.788. The molecular formula is C14H22N4O2. The van der Waals surface area contributed by atoms with E-state index < -0.39 is 6.10 Å². The van der Waals surface area contributed by atoms with E-state index in [-0.39, 0.29) is 11.9 Å². The van der Waals surface area contributed by atoms with E-state index in [2.05, 4.69) is 4.98 Å². The van der Waals surface area contributed by atoms with Crippen LogP contribution in [0.2, 0.25) is 0 Å². The lowest BCUT2D eigenvalue weighted by Crippen LogP contribution is -2.41. The Morgan fingerprint density at radius 2 is 2.30 bits per heavy atom. The molecule has 1 aromatic rings. The van der Waals surface area contributed by atoms with Crippen molar-refractivity contribution in [1.29, 1.82) is 0 Å². The molecule has 1 aromatic heterocycles. The minimum absolute atomic E-state index is 0.0310. The molecule has 3 N–H and O–H groups in total. The number of carbonyl (C=O) groups excluding carboxylic acids is 1. The van der Waals surface area contributed by atoms with Gasteiger partial charge in [-0.2, -0.15) is 0 Å². The van der Waals surface area contributed by atoms with Crippen molar-refractivity contribution in [3.05, 3.63) is 29.6 Å². The van der Waals surface area contributed by atoms with Crippen LogP contribution in [0.15, 0.2) is 18.3 Å². The second-order valence-electron chi connectivity index (χ2n) is 5.52. The zero-order valence-electron chi connectivity index (χ0n) is 12.0. The van der Waals surface area contributed by atoms with Gasteiger partial charge in [0.15, 0.2) is 0 Å². The van der Waals surface area contributed by atoms with Gasteiger partial charge in [0.25, 0.3) is 5.91 Å². The molecule has 0 spiro atoms. The second kappa shape index (κ2) is 6.30. The average Bonchev–Trinajstić information content (AvgIpc) is 2.78. The zero-order valence-corrected chi connectivity index (χ0v) is 12.0. The predicted molar refractivity (Wildman–Crippen MR) is 76.1 cm³/mol. The van der Waals surface area contributed by atoms with Crippen LogP contribution in [0, 0.1) is 0 Å². The summed E-state index contributed by atoms with van der Waals surface area (Å²) in [6, 6.07) is 3.54. The van der Waals surface area contributed by atoms with Gasteiger partial charge in [-0.1, -0.05) is 6.07 Å². The van der Waals surface area contributed by atoms with Crippen LogP contribution >= 0.6 is 0 Å². The maximum absolute atomic E-state index is 12.5. The molecule has 0 bridgehead atoms. The van der Waals surface area contributed by atoms with Crippen LogP contribution in [0.1, 0.15) is 22.5 Å². The van der Waals surface area contributed by atoms with Crippen LogP contribution in [-0.4, -0.2) is 65.1 Å². The van der Waals surface area contributed by atoms with Crippen molar-refractivity contribution in [3.8, 4) is 0 Å². The lowest BCUT2D eigenvalue weighted by Gasteiger charge is -2.26. The smallest absolute Gasteiger partial charge is 0.272 e. The number of likely N-dealkylation sites (tertiary alicyclic amines) is 1. The molecule has 6 heteroatoms. The summed E-state index contributed by atoms with van der Waals surface area (Å²) < 4.78 is 0. The first-order valence-corrected chi connectivity index (χ1v) is 6.80. The van der Waals surface area contributed by atoms with E-state index in [4.69, 9.17) is 5.73 Å². The van der Waals surface area contributed by atoms with Crippen molar-refractivity contribution in [2.45, 2.75) is 25.1 Å². The summed E-state index contributed by atoms with van der Waals surface area (Å²) in [7, 11) is 3.92. The summed E-state index contributed by atoms with van der Waals surface area (Å²) >= 11 is 0. The number of aliphatic hydroxyl groups is 1. The van der Waals surface area contributed by atoms with Gasteiger partial charge in [-0.15, -0.1) is 0 Å². The van der Waals surface area contributed by atoms with Gasteiger partial charge in [-0.05, 0) is 32.1 Å². The molecule has 1 aliphatic heterocycles. The van der Waals surface area contributed by atoms with Crippen molar-refractivity contribution >= 4 is 5.91 Å². The molecule has 2 atom stereocenters. The maximum atomic E-state index is 12.5. The van der Waals surface area contributed by atoms with Gasteiger partial charge in [0.1, 0.15) is 5.69 Å². The summed E-state index contributed by atoms with van der Waals surface area (Å²) in [5.74, 6) is -0.128. The highest BCUT2D eigenvalue weighted by atomic mass is 16.3. The number of amides is 1. The molecule has 2 rings (SSSR count). The Labute approximate surface area is 119 Å². The molecule has 1 aliphatic rings. The molecule has 1 saturated heterocycles. The first-order chi connectivity index (χ1) is 9.51. The normalized spacial score (nSPS) is 22.6. The van der Waals surface area contributed by atoms with Crippen molar-refractivity contribution in [2.24, 2.45) is 5.73 Å². The Morgan fingerprint density at radius 3 is 2.85 bits per heavy atom. The summed E-state index contributed by atoms with van der Waals surface area (Å²) in [5.41, 5.74) is 6.82. The van der Waals surface area contributed by atoms with Gasteiger partial charge in [-0.3, -0.25) is 9.78 Å². The Kier molecular flexibility index (Phi) is 4.69. The molecule has 0 aromatic carbocycles. The number of likely N-dealkylation sites (N-methyl/N-ethyl adjacent to an activating group) is 1. The van der Waals surface area contributed by atoms with Gasteiger partial charge in [0, 0.05) is 31.9 Å². The standard InChI is InChI=1S/C14H22N4O2/c1-17(2)8-11-5-12(19)9-18(11)14(20)13-4-3-10(6-15)7-16-13/h3-4,7,11-12,19H,5-6,8-9,15H2,1-2H3. The third-order valence-corrected chi connectivity index (χ3v) is 3.51. The highest BCUT2D eigenvalue weighted by molar-refractivity contribution is 5.92. The van der Waals surface area contributed by atoms with E-state index in [9.17, 15) is 9.90 Å². The fourth-order valence-electron chi connectivity index (χ4n) is 2.55. The molecule has 1 fully saturated rings. The van der Waals surface area contributed by atoms with Crippen molar-refractivity contribution in [1.82, 2.24) is 14.8 Å². The van der Waals surface area contributed by atoms with Gasteiger partial charge in [0.2, 0.25) is 0 Å². The molecule has 2 heterocycles. The number of carbonyl (C=O) groups is 1. The number of aromatic nitrogens is 1. The number of hydrogen-bond acceptors (Lipinski definition) is 5. The molecule has 2 unspecified atom stereocenters. The summed E-state index contributed by atoms with van der Waals surface area (Å²) in [6.07, 6.45) is 1.79. The second-order valence-corrected chi connectivity index (χ2v) is 5.52. The Bertz CT molecular complexity index is 461. The van der Waals surface area contributed by atoms with E-state index >= 15 is 0 Å². The number of pyridine rings is 1. The summed E-state index contributed by atoms with van der Waals surface area (Å²) in [5, 5.41) is 9.81. The highest BCUT2D eigenvalue weighted by Gasteiger charge is 2.35. The van der Waals surface area contributed by atoms with Crippen LogP contribution in [0.3, 0.4) is 0 Å². The number of β-amino-alcohol motifs (C(OH)–C–C–N with tert-alkyl or cyclic N) is 1. The SMILES string of the molecule is CN(C)CC1CC(O)CN1C(=O)c1ccc(CN)cn1. The summed E-state index contributed by atoms with van der Waals surface area (Å²) in [6.45, 7) is 1.52. The third kappa shape index (κ3) is 3.33. The van der Waals surface area contributed by atoms with E-state index in [0.29, 0.717) is 25.2 Å². The maximum Gasteiger partial charge on any atom is 0.272 e. The van der Waals surface area contributed by atoms with Crippen molar-refractivity contribution in [3.63, 3.8) is 0 Å². The van der Waals surface area contributed by atoms with Crippen molar-refractivity contribution in [2.75, 3.05) is 27.2 Å². The van der Waals surface area contributed by atoms with E-state index in [1.807, 2.05) is 25.1 Å². The lowest BCUT2D eigenvalue weighted by molar-refractivity contribution is 0.0693. The van der Waals surface area contributed by atoms with E-state index in [0.717, 1.165) is 12.1 Å². The minimum atomic E-state index is -0.452. The van der Waals surface area contributed by atoms with Crippen LogP contribution < -0.4 is 5.73 Å². The molecule has 20 heavy (non-hydrogen) atoms. The Morgan fingerprint density at radius 1 is 1.55 bits per heavy atom. The molecule has 1 amide bonds. The molecule has 110 valence electrons. The molecule has 0 radical (unpaired) electrons. The number of aliphatic hydroxyl groups excluding tert-OH is 1. The highest BCUT2D eigenvalue weighted by Crippen LogP contribution is 2.20. The molecular weight excluding hydrogens is 256 g/mol. The van der Waals surface area contributed by atoms with Gasteiger partial charge in [0.05, 0.1) is 6.10 Å². The Balaban J connectivity index is 2.13. The summed E-state index contributed by atoms with van der Waals surface area (Å²) in [4.78, 5) is 20.4. The molecule has 0 aliphatic carbocycles. The number of nitrogens with two attached hydrogens (primary N) is 1. The minimum Gasteiger partial charge on any atom is -0.391 e.